The van der Waals surface area contributed by atoms with Crippen molar-refractivity contribution in [3.63, 3.8) is 0 Å². The molecule has 10 heteroatoms. The van der Waals surface area contributed by atoms with Crippen LogP contribution in [0.15, 0.2) is 35.2 Å². The van der Waals surface area contributed by atoms with Gasteiger partial charge in [-0.3, -0.25) is 4.79 Å². The number of carbonyl (C=O) groups is 1. The largest absolute Gasteiger partial charge is 0.495 e. The van der Waals surface area contributed by atoms with Gasteiger partial charge in [0.05, 0.1) is 39.0 Å². The van der Waals surface area contributed by atoms with E-state index in [2.05, 4.69) is 5.32 Å². The van der Waals surface area contributed by atoms with E-state index in [1.165, 1.54) is 50.9 Å². The van der Waals surface area contributed by atoms with Crippen LogP contribution in [0.3, 0.4) is 0 Å². The number of ether oxygens (including phenoxy) is 4. The Morgan fingerprint density at radius 1 is 0.879 bits per heavy atom. The second-order valence-electron chi connectivity index (χ2n) is 7.03. The average Bonchev–Trinajstić information content (AvgIpc) is 2.82. The minimum atomic E-state index is -3.67. The van der Waals surface area contributed by atoms with Crippen LogP contribution in [-0.4, -0.2) is 60.2 Å². The number of aryl methyl sites for hydroxylation is 1. The van der Waals surface area contributed by atoms with E-state index in [4.69, 9.17) is 18.9 Å². The minimum Gasteiger partial charge on any atom is -0.495 e. The zero-order valence-corrected chi connectivity index (χ0v) is 20.7. The molecule has 0 spiro atoms. The van der Waals surface area contributed by atoms with E-state index in [0.717, 1.165) is 5.56 Å². The summed E-state index contributed by atoms with van der Waals surface area (Å²) in [5, 5.41) is 2.76. The van der Waals surface area contributed by atoms with Crippen LogP contribution >= 0.6 is 0 Å². The van der Waals surface area contributed by atoms with Gasteiger partial charge >= 0.3 is 0 Å². The summed E-state index contributed by atoms with van der Waals surface area (Å²) in [6, 6.07) is 7.99. The summed E-state index contributed by atoms with van der Waals surface area (Å²) in [6.45, 7) is 4.25. The van der Waals surface area contributed by atoms with Gasteiger partial charge in [0.25, 0.3) is 0 Å². The maximum atomic E-state index is 12.9. The molecule has 2 aromatic rings. The quantitative estimate of drug-likeness (QED) is 0.497. The average molecular weight is 481 g/mol. The molecule has 2 rings (SSSR count). The Bertz CT molecular complexity index is 1040. The highest BCUT2D eigenvalue weighted by atomic mass is 32.2. The van der Waals surface area contributed by atoms with Crippen molar-refractivity contribution >= 4 is 21.6 Å². The van der Waals surface area contributed by atoms with Crippen molar-refractivity contribution in [2.75, 3.05) is 46.8 Å². The van der Waals surface area contributed by atoms with Gasteiger partial charge in [-0.2, -0.15) is 4.31 Å². The summed E-state index contributed by atoms with van der Waals surface area (Å²) in [5.41, 5.74) is 1.12. The summed E-state index contributed by atoms with van der Waals surface area (Å²) in [4.78, 5) is 12.8. The summed E-state index contributed by atoms with van der Waals surface area (Å²) >= 11 is 0. The Labute approximate surface area is 195 Å². The van der Waals surface area contributed by atoms with Crippen molar-refractivity contribution in [2.24, 2.45) is 0 Å². The summed E-state index contributed by atoms with van der Waals surface area (Å²) in [5.74, 6) is 1.56. The molecular formula is C23H32N2O7S. The van der Waals surface area contributed by atoms with E-state index in [-0.39, 0.29) is 17.2 Å². The highest BCUT2D eigenvalue weighted by Gasteiger charge is 2.23. The maximum absolute atomic E-state index is 12.9. The first kappa shape index (κ1) is 26.3. The summed E-state index contributed by atoms with van der Waals surface area (Å²) < 4.78 is 48.4. The highest BCUT2D eigenvalue weighted by Crippen LogP contribution is 2.38. The van der Waals surface area contributed by atoms with E-state index in [1.54, 1.807) is 26.0 Å². The summed E-state index contributed by atoms with van der Waals surface area (Å²) in [6.07, 6.45) is 0.553. The molecule has 1 amide bonds. The molecule has 0 aromatic heterocycles. The predicted molar refractivity (Wildman–Crippen MR) is 126 cm³/mol. The molecule has 0 aliphatic rings. The van der Waals surface area contributed by atoms with E-state index in [1.807, 2.05) is 0 Å². The minimum absolute atomic E-state index is 0.0897. The molecule has 0 unspecified atom stereocenters. The van der Waals surface area contributed by atoms with Crippen LogP contribution < -0.4 is 24.3 Å². The van der Waals surface area contributed by atoms with Gasteiger partial charge in [-0.1, -0.05) is 13.8 Å². The first-order valence-electron chi connectivity index (χ1n) is 10.5. The number of benzene rings is 2. The number of nitrogens with one attached hydrogen (secondary N) is 1. The van der Waals surface area contributed by atoms with Crippen LogP contribution in [0.5, 0.6) is 23.0 Å². The standard InChI is InChI=1S/C23H32N2O7S/c1-7-25(8-2)33(27,28)17-10-11-19(29-3)18(15-17)24-22(26)12-9-16-13-20(30-4)23(32-6)21(14-16)31-5/h10-11,13-15H,7-9,12H2,1-6H3,(H,24,26). The fraction of sp³-hybridized carbons (Fsp3) is 0.435. The maximum Gasteiger partial charge on any atom is 0.243 e. The van der Waals surface area contributed by atoms with Crippen LogP contribution in [0, 0.1) is 0 Å². The lowest BCUT2D eigenvalue weighted by atomic mass is 10.1. The van der Waals surface area contributed by atoms with E-state index in [9.17, 15) is 13.2 Å². The normalized spacial score (nSPS) is 11.2. The number of hydrogen-bond acceptors (Lipinski definition) is 7. The fourth-order valence-electron chi connectivity index (χ4n) is 3.41. The number of carbonyl (C=O) groups excluding carboxylic acids is 1. The van der Waals surface area contributed by atoms with Gasteiger partial charge in [0.2, 0.25) is 21.7 Å². The van der Waals surface area contributed by atoms with E-state index in [0.29, 0.717) is 48.2 Å². The fourth-order valence-corrected chi connectivity index (χ4v) is 4.89. The monoisotopic (exact) mass is 480 g/mol. The molecule has 0 atom stereocenters. The number of rotatable bonds is 12. The lowest BCUT2D eigenvalue weighted by Crippen LogP contribution is -2.30. The van der Waals surface area contributed by atoms with Gasteiger partial charge in [0.1, 0.15) is 5.75 Å². The number of methoxy groups -OCH3 is 4. The van der Waals surface area contributed by atoms with Crippen molar-refractivity contribution in [1.82, 2.24) is 4.31 Å². The molecule has 2 aromatic carbocycles. The second-order valence-corrected chi connectivity index (χ2v) is 8.97. The van der Waals surface area contributed by atoms with Crippen LogP contribution in [0.2, 0.25) is 0 Å². The van der Waals surface area contributed by atoms with Crippen molar-refractivity contribution in [3.8, 4) is 23.0 Å². The van der Waals surface area contributed by atoms with Crippen LogP contribution in [0.4, 0.5) is 5.69 Å². The molecule has 0 bridgehead atoms. The van der Waals surface area contributed by atoms with Gasteiger partial charge in [-0.15, -0.1) is 0 Å². The Hall–Kier alpha value is -2.98. The second kappa shape index (κ2) is 11.8. The lowest BCUT2D eigenvalue weighted by molar-refractivity contribution is -0.116. The molecule has 182 valence electrons. The van der Waals surface area contributed by atoms with Gasteiger partial charge in [-0.05, 0) is 42.3 Å². The smallest absolute Gasteiger partial charge is 0.243 e. The van der Waals surface area contributed by atoms with Gasteiger partial charge in [0.15, 0.2) is 11.5 Å². The molecule has 0 fully saturated rings. The molecule has 1 N–H and O–H groups in total. The van der Waals surface area contributed by atoms with Crippen LogP contribution in [0.25, 0.3) is 0 Å². The van der Waals surface area contributed by atoms with Gasteiger partial charge in [0, 0.05) is 19.5 Å². The zero-order valence-electron chi connectivity index (χ0n) is 19.9. The molecule has 0 saturated heterocycles. The lowest BCUT2D eigenvalue weighted by Gasteiger charge is -2.19. The van der Waals surface area contributed by atoms with Gasteiger partial charge < -0.3 is 24.3 Å². The molecule has 0 heterocycles. The van der Waals surface area contributed by atoms with Crippen molar-refractivity contribution in [2.45, 2.75) is 31.6 Å². The number of amides is 1. The first-order chi connectivity index (χ1) is 15.7. The van der Waals surface area contributed by atoms with E-state index >= 15 is 0 Å². The number of anilines is 1. The molecular weight excluding hydrogens is 448 g/mol. The van der Waals surface area contributed by atoms with Crippen LogP contribution in [-0.2, 0) is 21.2 Å². The van der Waals surface area contributed by atoms with Crippen molar-refractivity contribution < 1.29 is 32.2 Å². The third kappa shape index (κ3) is 6.08. The molecule has 0 saturated carbocycles. The Kier molecular flexibility index (Phi) is 9.36. The zero-order chi connectivity index (χ0) is 24.6. The SMILES string of the molecule is CCN(CC)S(=O)(=O)c1ccc(OC)c(NC(=O)CCc2cc(OC)c(OC)c(OC)c2)c1. The molecule has 33 heavy (non-hydrogen) atoms. The Balaban J connectivity index is 2.22. The van der Waals surface area contributed by atoms with Crippen molar-refractivity contribution in [1.29, 1.82) is 0 Å². The first-order valence-corrected chi connectivity index (χ1v) is 12.0. The molecule has 0 aliphatic heterocycles. The predicted octanol–water partition coefficient (Wildman–Crippen LogP) is 3.32. The third-order valence-electron chi connectivity index (χ3n) is 5.15. The van der Waals surface area contributed by atoms with Crippen molar-refractivity contribution in [3.05, 3.63) is 35.9 Å². The number of nitrogens with zero attached hydrogens (tertiary/aromatic N) is 1. The summed E-state index contributed by atoms with van der Waals surface area (Å²) in [7, 11) is 2.36. The van der Waals surface area contributed by atoms with Crippen LogP contribution in [0.1, 0.15) is 25.8 Å². The van der Waals surface area contributed by atoms with E-state index < -0.39 is 10.0 Å². The third-order valence-corrected chi connectivity index (χ3v) is 7.20. The topological polar surface area (TPSA) is 103 Å². The Morgan fingerprint density at radius 2 is 1.45 bits per heavy atom. The number of sulfonamides is 1. The molecule has 0 radical (unpaired) electrons. The molecule has 9 nitrogen and oxygen atoms in total. The number of hydrogen-bond donors (Lipinski definition) is 1. The Morgan fingerprint density at radius 3 is 1.94 bits per heavy atom. The van der Waals surface area contributed by atoms with Gasteiger partial charge in [-0.25, -0.2) is 8.42 Å². The molecule has 0 aliphatic carbocycles. The highest BCUT2D eigenvalue weighted by molar-refractivity contribution is 7.89.